The Hall–Kier alpha value is -0.200. The van der Waals surface area contributed by atoms with Crippen LogP contribution in [0.2, 0.25) is 0 Å². The highest BCUT2D eigenvalue weighted by Crippen LogP contribution is 2.89. The summed E-state index contributed by atoms with van der Waals surface area (Å²) in [5.74, 6) is 0.544. The maximum absolute atomic E-state index is 11.9. The summed E-state index contributed by atoms with van der Waals surface area (Å²) < 4.78 is 6.65. The SMILES string of the molecule is CC(C)(O)[C@H]1CC[C@@](C)(C2[C@@H](O)C[C@@]3(C)C4[C@H](O)C[C@H]5C(C)(C)[C@@H](O)CC[C@@]56C[C@@]46CC[C@]23C)O1. The van der Waals surface area contributed by atoms with Crippen LogP contribution in [0.5, 0.6) is 0 Å². The van der Waals surface area contributed by atoms with E-state index in [1.54, 1.807) is 0 Å². The molecular formula is C30H50O5. The molecule has 1 aliphatic heterocycles. The zero-order valence-corrected chi connectivity index (χ0v) is 23.1. The fourth-order valence-electron chi connectivity index (χ4n) is 12.1. The first kappa shape index (κ1) is 25.1. The molecular weight excluding hydrogens is 440 g/mol. The van der Waals surface area contributed by atoms with Crippen molar-refractivity contribution in [2.24, 2.45) is 44.8 Å². The van der Waals surface area contributed by atoms with Gasteiger partial charge >= 0.3 is 0 Å². The lowest BCUT2D eigenvalue weighted by molar-refractivity contribution is -0.217. The number of rotatable bonds is 2. The molecule has 6 fully saturated rings. The Balaban J connectivity index is 1.37. The van der Waals surface area contributed by atoms with Gasteiger partial charge in [-0.25, -0.2) is 0 Å². The van der Waals surface area contributed by atoms with Crippen LogP contribution in [-0.4, -0.2) is 56.0 Å². The second-order valence-corrected chi connectivity index (χ2v) is 15.9. The van der Waals surface area contributed by atoms with Crippen molar-refractivity contribution in [2.75, 3.05) is 0 Å². The van der Waals surface area contributed by atoms with E-state index in [0.29, 0.717) is 5.92 Å². The van der Waals surface area contributed by atoms with Gasteiger partial charge in [-0.15, -0.1) is 0 Å². The van der Waals surface area contributed by atoms with Crippen LogP contribution in [0.3, 0.4) is 0 Å². The van der Waals surface area contributed by atoms with Crippen molar-refractivity contribution in [1.82, 2.24) is 0 Å². The van der Waals surface area contributed by atoms with Crippen LogP contribution in [0, 0.1) is 44.8 Å². The summed E-state index contributed by atoms with van der Waals surface area (Å²) in [7, 11) is 0. The van der Waals surface area contributed by atoms with Crippen molar-refractivity contribution >= 4 is 0 Å². The molecule has 0 aromatic carbocycles. The number of aliphatic hydroxyl groups excluding tert-OH is 3. The summed E-state index contributed by atoms with van der Waals surface area (Å²) in [5, 5.41) is 45.2. The van der Waals surface area contributed by atoms with Crippen LogP contribution < -0.4 is 0 Å². The zero-order valence-electron chi connectivity index (χ0n) is 23.1. The normalized spacial score (nSPS) is 60.9. The fraction of sp³-hybridized carbons (Fsp3) is 1.00. The van der Waals surface area contributed by atoms with Crippen molar-refractivity contribution in [3.05, 3.63) is 0 Å². The van der Waals surface area contributed by atoms with E-state index in [0.717, 1.165) is 51.4 Å². The van der Waals surface area contributed by atoms with Gasteiger partial charge in [0.25, 0.3) is 0 Å². The molecule has 1 heterocycles. The van der Waals surface area contributed by atoms with Crippen molar-refractivity contribution in [2.45, 2.75) is 142 Å². The lowest BCUT2D eigenvalue weighted by Crippen LogP contribution is -2.62. The third kappa shape index (κ3) is 2.78. The molecule has 6 aliphatic rings. The van der Waals surface area contributed by atoms with Gasteiger partial charge < -0.3 is 25.2 Å². The number of hydrogen-bond donors (Lipinski definition) is 4. The lowest BCUT2D eigenvalue weighted by Gasteiger charge is -2.64. The summed E-state index contributed by atoms with van der Waals surface area (Å²) in [5.41, 5.74) is -1.44. The van der Waals surface area contributed by atoms with Crippen LogP contribution in [0.15, 0.2) is 0 Å². The van der Waals surface area contributed by atoms with Crippen molar-refractivity contribution in [3.63, 3.8) is 0 Å². The summed E-state index contributed by atoms with van der Waals surface area (Å²) in [6.45, 7) is 15.0. The fourth-order valence-corrected chi connectivity index (χ4v) is 12.1. The third-order valence-corrected chi connectivity index (χ3v) is 13.8. The number of hydrogen-bond acceptors (Lipinski definition) is 5. The van der Waals surface area contributed by atoms with Gasteiger partial charge in [-0.05, 0) is 117 Å². The first-order valence-electron chi connectivity index (χ1n) is 14.4. The Morgan fingerprint density at radius 3 is 2.09 bits per heavy atom. The van der Waals surface area contributed by atoms with E-state index in [-0.39, 0.29) is 51.1 Å². The second-order valence-electron chi connectivity index (χ2n) is 15.9. The highest BCUT2D eigenvalue weighted by Gasteiger charge is 2.85. The smallest absolute Gasteiger partial charge is 0.0865 e. The molecule has 0 bridgehead atoms. The van der Waals surface area contributed by atoms with Gasteiger partial charge in [0.1, 0.15) is 0 Å². The van der Waals surface area contributed by atoms with E-state index < -0.39 is 23.4 Å². The molecule has 35 heavy (non-hydrogen) atoms. The van der Waals surface area contributed by atoms with Crippen LogP contribution in [0.25, 0.3) is 0 Å². The van der Waals surface area contributed by atoms with Gasteiger partial charge in [0, 0.05) is 5.92 Å². The largest absolute Gasteiger partial charge is 0.393 e. The second kappa shape index (κ2) is 6.86. The molecule has 4 N–H and O–H groups in total. The van der Waals surface area contributed by atoms with Crippen molar-refractivity contribution < 1.29 is 25.2 Å². The molecule has 2 unspecified atom stereocenters. The number of aliphatic hydroxyl groups is 4. The summed E-state index contributed by atoms with van der Waals surface area (Å²) in [4.78, 5) is 0. The Labute approximate surface area is 212 Å². The average Bonchev–Trinajstić information content (AvgIpc) is 3.08. The van der Waals surface area contributed by atoms with Crippen molar-refractivity contribution in [3.8, 4) is 0 Å². The number of ether oxygens (including phenoxy) is 1. The molecule has 200 valence electrons. The van der Waals surface area contributed by atoms with Crippen LogP contribution in [-0.2, 0) is 4.74 Å². The van der Waals surface area contributed by atoms with Gasteiger partial charge in [-0.2, -0.15) is 0 Å². The molecule has 1 saturated heterocycles. The Bertz CT molecular complexity index is 911. The first-order valence-corrected chi connectivity index (χ1v) is 14.4. The molecule has 0 aromatic heterocycles. The molecule has 2 spiro atoms. The van der Waals surface area contributed by atoms with Gasteiger partial charge in [0.05, 0.1) is 35.6 Å². The van der Waals surface area contributed by atoms with Gasteiger partial charge in [-0.3, -0.25) is 0 Å². The quantitative estimate of drug-likeness (QED) is 0.460. The molecule has 0 radical (unpaired) electrons. The molecule has 5 heteroatoms. The topological polar surface area (TPSA) is 90.2 Å². The van der Waals surface area contributed by atoms with Crippen LogP contribution in [0.4, 0.5) is 0 Å². The molecule has 5 nitrogen and oxygen atoms in total. The Morgan fingerprint density at radius 2 is 1.46 bits per heavy atom. The first-order chi connectivity index (χ1) is 16.0. The summed E-state index contributed by atoms with van der Waals surface area (Å²) in [6.07, 6.45) is 7.11. The lowest BCUT2D eigenvalue weighted by atomic mass is 9.41. The molecule has 6 rings (SSSR count). The highest BCUT2D eigenvalue weighted by molar-refractivity contribution is 5.33. The highest BCUT2D eigenvalue weighted by atomic mass is 16.5. The molecule has 5 aliphatic carbocycles. The third-order valence-electron chi connectivity index (χ3n) is 13.8. The predicted molar refractivity (Wildman–Crippen MR) is 134 cm³/mol. The molecule has 0 aromatic rings. The van der Waals surface area contributed by atoms with E-state index in [1.807, 2.05) is 13.8 Å². The standard InChI is InChI=1S/C30H50O5/c1-24(2)19-14-17(31)23-27(6)15-18(32)22(28(7)10-9-21(35-28)25(3,4)34)26(27,5)12-13-30(23)16-29(19,30)11-8-20(24)33/h17-23,31-34H,8-16H2,1-7H3/t17-,18+,19+,20+,21-,22?,23?,26-,27+,28+,29-,30+/m1/s1. The van der Waals surface area contributed by atoms with Gasteiger partial charge in [-0.1, -0.05) is 27.7 Å². The average molecular weight is 491 g/mol. The molecule has 0 amide bonds. The maximum atomic E-state index is 11.9. The minimum absolute atomic E-state index is 0.00561. The predicted octanol–water partition coefficient (Wildman–Crippen LogP) is 4.44. The summed E-state index contributed by atoms with van der Waals surface area (Å²) >= 11 is 0. The van der Waals surface area contributed by atoms with Crippen LogP contribution >= 0.6 is 0 Å². The van der Waals surface area contributed by atoms with E-state index in [9.17, 15) is 20.4 Å². The van der Waals surface area contributed by atoms with Gasteiger partial charge in [0.2, 0.25) is 0 Å². The molecule has 5 saturated carbocycles. The van der Waals surface area contributed by atoms with Crippen molar-refractivity contribution in [1.29, 1.82) is 0 Å². The number of fused-ring (bicyclic) bond motifs is 2. The Kier molecular flexibility index (Phi) is 4.92. The summed E-state index contributed by atoms with van der Waals surface area (Å²) in [6, 6.07) is 0. The van der Waals surface area contributed by atoms with E-state index in [4.69, 9.17) is 4.74 Å². The van der Waals surface area contributed by atoms with E-state index in [1.165, 1.54) is 6.42 Å². The van der Waals surface area contributed by atoms with E-state index >= 15 is 0 Å². The zero-order chi connectivity index (χ0) is 25.6. The minimum Gasteiger partial charge on any atom is -0.393 e. The maximum Gasteiger partial charge on any atom is 0.0865 e. The minimum atomic E-state index is -0.893. The van der Waals surface area contributed by atoms with E-state index in [2.05, 4.69) is 34.6 Å². The van der Waals surface area contributed by atoms with Crippen LogP contribution in [0.1, 0.15) is 106 Å². The Morgan fingerprint density at radius 1 is 0.771 bits per heavy atom. The molecule has 12 atom stereocenters. The monoisotopic (exact) mass is 490 g/mol. The van der Waals surface area contributed by atoms with Gasteiger partial charge in [0.15, 0.2) is 0 Å².